The van der Waals surface area contributed by atoms with Crippen LogP contribution in [0, 0.1) is 11.3 Å². The Bertz CT molecular complexity index is 474. The average Bonchev–Trinajstić information content (AvgIpc) is 2.94. The van der Waals surface area contributed by atoms with Crippen molar-refractivity contribution in [3.63, 3.8) is 0 Å². The second-order valence-corrected chi connectivity index (χ2v) is 6.83. The monoisotopic (exact) mass is 290 g/mol. The molecule has 21 heavy (non-hydrogen) atoms. The fourth-order valence-electron chi connectivity index (χ4n) is 3.91. The van der Waals surface area contributed by atoms with Gasteiger partial charge in [0.05, 0.1) is 20.3 Å². The van der Waals surface area contributed by atoms with Gasteiger partial charge in [-0.2, -0.15) is 0 Å². The Kier molecular flexibility index (Phi) is 4.20. The van der Waals surface area contributed by atoms with Crippen molar-refractivity contribution in [3.8, 4) is 5.75 Å². The molecule has 2 atom stereocenters. The quantitative estimate of drug-likeness (QED) is 0.824. The van der Waals surface area contributed by atoms with Gasteiger partial charge >= 0.3 is 0 Å². The molecule has 4 heteroatoms. The first-order valence-electron chi connectivity index (χ1n) is 7.69. The number of benzene rings is 1. The lowest BCUT2D eigenvalue weighted by atomic mass is 9.81. The van der Waals surface area contributed by atoms with E-state index in [-0.39, 0.29) is 0 Å². The van der Waals surface area contributed by atoms with Crippen molar-refractivity contribution in [2.24, 2.45) is 11.3 Å². The topological polar surface area (TPSA) is 24.9 Å². The third kappa shape index (κ3) is 3.07. The number of methoxy groups -OCH3 is 1. The lowest BCUT2D eigenvalue weighted by Gasteiger charge is -2.30. The Morgan fingerprint density at radius 1 is 1.33 bits per heavy atom. The molecule has 2 aliphatic heterocycles. The van der Waals surface area contributed by atoms with Crippen molar-refractivity contribution in [3.05, 3.63) is 29.8 Å². The largest absolute Gasteiger partial charge is 0.497 e. The van der Waals surface area contributed by atoms with E-state index >= 15 is 0 Å². The molecule has 1 aromatic rings. The first kappa shape index (κ1) is 14.8. The van der Waals surface area contributed by atoms with E-state index in [1.807, 2.05) is 12.1 Å². The van der Waals surface area contributed by atoms with Gasteiger partial charge in [-0.15, -0.1) is 0 Å². The van der Waals surface area contributed by atoms with Crippen LogP contribution in [-0.2, 0) is 11.3 Å². The van der Waals surface area contributed by atoms with Gasteiger partial charge in [0.25, 0.3) is 0 Å². The number of likely N-dealkylation sites (tertiary alicyclic amines) is 1. The first-order chi connectivity index (χ1) is 10.1. The molecule has 0 spiro atoms. The molecular weight excluding hydrogens is 264 g/mol. The van der Waals surface area contributed by atoms with Crippen LogP contribution in [0.15, 0.2) is 24.3 Å². The van der Waals surface area contributed by atoms with Gasteiger partial charge in [0.1, 0.15) is 5.75 Å². The minimum absolute atomic E-state index is 0.329. The molecule has 0 unspecified atom stereocenters. The third-order valence-corrected chi connectivity index (χ3v) is 4.79. The van der Waals surface area contributed by atoms with E-state index in [4.69, 9.17) is 9.47 Å². The number of nitrogens with zero attached hydrogens (tertiary/aromatic N) is 2. The molecule has 0 aromatic heterocycles. The molecule has 1 aromatic carbocycles. The molecule has 2 aliphatic rings. The summed E-state index contributed by atoms with van der Waals surface area (Å²) in [5.41, 5.74) is 1.69. The van der Waals surface area contributed by atoms with Gasteiger partial charge < -0.3 is 14.4 Å². The van der Waals surface area contributed by atoms with Crippen molar-refractivity contribution >= 4 is 0 Å². The Balaban J connectivity index is 1.65. The van der Waals surface area contributed by atoms with Gasteiger partial charge in [0.2, 0.25) is 0 Å². The molecule has 3 rings (SSSR count). The maximum absolute atomic E-state index is 5.77. The van der Waals surface area contributed by atoms with Crippen molar-refractivity contribution in [1.82, 2.24) is 9.80 Å². The van der Waals surface area contributed by atoms with Crippen molar-refractivity contribution < 1.29 is 9.47 Å². The molecule has 2 fully saturated rings. The van der Waals surface area contributed by atoms with Crippen LogP contribution in [-0.4, -0.2) is 63.9 Å². The molecule has 0 bridgehead atoms. The maximum Gasteiger partial charge on any atom is 0.118 e. The maximum atomic E-state index is 5.77. The fourth-order valence-corrected chi connectivity index (χ4v) is 3.91. The summed E-state index contributed by atoms with van der Waals surface area (Å²) in [7, 11) is 6.04. The van der Waals surface area contributed by atoms with Gasteiger partial charge in [0, 0.05) is 37.5 Å². The molecule has 0 N–H and O–H groups in total. The summed E-state index contributed by atoms with van der Waals surface area (Å²) in [5, 5.41) is 0. The van der Waals surface area contributed by atoms with Crippen LogP contribution >= 0.6 is 0 Å². The summed E-state index contributed by atoms with van der Waals surface area (Å²) < 4.78 is 11.0. The van der Waals surface area contributed by atoms with Crippen LogP contribution in [0.3, 0.4) is 0 Å². The zero-order chi connectivity index (χ0) is 14.9. The van der Waals surface area contributed by atoms with Crippen LogP contribution in [0.4, 0.5) is 0 Å². The normalized spacial score (nSPS) is 29.0. The highest BCUT2D eigenvalue weighted by molar-refractivity contribution is 5.27. The van der Waals surface area contributed by atoms with Gasteiger partial charge in [-0.3, -0.25) is 4.90 Å². The highest BCUT2D eigenvalue weighted by Crippen LogP contribution is 2.42. The number of fused-ring (bicyclic) bond motifs is 1. The first-order valence-corrected chi connectivity index (χ1v) is 7.69. The zero-order valence-electron chi connectivity index (χ0n) is 13.3. The van der Waals surface area contributed by atoms with E-state index in [9.17, 15) is 0 Å². The summed E-state index contributed by atoms with van der Waals surface area (Å²) in [4.78, 5) is 4.89. The number of ether oxygens (including phenoxy) is 2. The van der Waals surface area contributed by atoms with E-state index in [0.29, 0.717) is 11.3 Å². The lowest BCUT2D eigenvalue weighted by molar-refractivity contribution is 0.109. The summed E-state index contributed by atoms with van der Waals surface area (Å²) in [6.07, 6.45) is 0. The predicted octanol–water partition coefficient (Wildman–Crippen LogP) is 1.71. The number of rotatable bonds is 5. The van der Waals surface area contributed by atoms with Crippen LogP contribution in [0.1, 0.15) is 5.56 Å². The van der Waals surface area contributed by atoms with Gasteiger partial charge in [-0.25, -0.2) is 0 Å². The van der Waals surface area contributed by atoms with Gasteiger partial charge in [-0.05, 0) is 31.8 Å². The Hall–Kier alpha value is -1.10. The van der Waals surface area contributed by atoms with Crippen molar-refractivity contribution in [2.75, 3.05) is 54.1 Å². The predicted molar refractivity (Wildman–Crippen MR) is 83.6 cm³/mol. The van der Waals surface area contributed by atoms with E-state index in [2.05, 4.69) is 36.0 Å². The summed E-state index contributed by atoms with van der Waals surface area (Å²) in [6, 6.07) is 8.43. The van der Waals surface area contributed by atoms with Crippen LogP contribution in [0.2, 0.25) is 0 Å². The fraction of sp³-hybridized carbons (Fsp3) is 0.647. The van der Waals surface area contributed by atoms with Crippen molar-refractivity contribution in [1.29, 1.82) is 0 Å². The molecule has 2 saturated heterocycles. The van der Waals surface area contributed by atoms with Crippen LogP contribution in [0.25, 0.3) is 0 Å². The standard InChI is InChI=1S/C17H26N2O2/c1-18(2)11-17-12-19(9-15(17)10-21-13-17)8-14-4-6-16(20-3)7-5-14/h4-7,15H,8-13H2,1-3H3/t15-,17+/m0/s1. The number of hydrogen-bond acceptors (Lipinski definition) is 4. The lowest BCUT2D eigenvalue weighted by Crippen LogP contribution is -2.40. The molecule has 0 radical (unpaired) electrons. The minimum Gasteiger partial charge on any atom is -0.497 e. The molecule has 116 valence electrons. The molecule has 0 aliphatic carbocycles. The van der Waals surface area contributed by atoms with Crippen LogP contribution < -0.4 is 4.74 Å². The van der Waals surface area contributed by atoms with Crippen LogP contribution in [0.5, 0.6) is 5.75 Å². The zero-order valence-corrected chi connectivity index (χ0v) is 13.3. The SMILES string of the molecule is COc1ccc(CN2C[C@H]3COC[C@@]3(CN(C)C)C2)cc1. The second kappa shape index (κ2) is 5.95. The second-order valence-electron chi connectivity index (χ2n) is 6.83. The minimum atomic E-state index is 0.329. The highest BCUT2D eigenvalue weighted by Gasteiger charge is 2.50. The number of hydrogen-bond donors (Lipinski definition) is 0. The van der Waals surface area contributed by atoms with Gasteiger partial charge in [-0.1, -0.05) is 12.1 Å². The summed E-state index contributed by atoms with van der Waals surface area (Å²) in [6.45, 7) is 6.27. The Morgan fingerprint density at radius 2 is 2.10 bits per heavy atom. The molecular formula is C17H26N2O2. The van der Waals surface area contributed by atoms with E-state index in [0.717, 1.165) is 45.1 Å². The van der Waals surface area contributed by atoms with E-state index in [1.54, 1.807) is 7.11 Å². The van der Waals surface area contributed by atoms with Gasteiger partial charge in [0.15, 0.2) is 0 Å². The average molecular weight is 290 g/mol. The summed E-state index contributed by atoms with van der Waals surface area (Å²) >= 11 is 0. The smallest absolute Gasteiger partial charge is 0.118 e. The highest BCUT2D eigenvalue weighted by atomic mass is 16.5. The van der Waals surface area contributed by atoms with Crippen molar-refractivity contribution in [2.45, 2.75) is 6.54 Å². The van der Waals surface area contributed by atoms with E-state index < -0.39 is 0 Å². The molecule has 4 nitrogen and oxygen atoms in total. The summed E-state index contributed by atoms with van der Waals surface area (Å²) in [5.74, 6) is 1.60. The third-order valence-electron chi connectivity index (χ3n) is 4.79. The van der Waals surface area contributed by atoms with E-state index in [1.165, 1.54) is 5.56 Å². The molecule has 0 amide bonds. The Labute approximate surface area is 127 Å². The Morgan fingerprint density at radius 3 is 2.76 bits per heavy atom. The molecule has 2 heterocycles. The molecule has 0 saturated carbocycles.